The minimum atomic E-state index is -0.830. The van der Waals surface area contributed by atoms with Gasteiger partial charge in [0.15, 0.2) is 5.82 Å². The Bertz CT molecular complexity index is 2490. The maximum absolute atomic E-state index is 12.6. The Morgan fingerprint density at radius 1 is 0.684 bits per heavy atom. The number of pyridine rings is 1. The monoisotopic (exact) mass is 749 g/mol. The van der Waals surface area contributed by atoms with E-state index >= 15 is 0 Å². The summed E-state index contributed by atoms with van der Waals surface area (Å²) in [5.74, 6) is 1.19. The van der Waals surface area contributed by atoms with E-state index in [1.54, 1.807) is 6.07 Å². The molecule has 282 valence electrons. The van der Waals surface area contributed by atoms with Crippen LogP contribution in [0.5, 0.6) is 0 Å². The van der Waals surface area contributed by atoms with Gasteiger partial charge in [-0.3, -0.25) is 4.98 Å². The molecule has 3 aromatic heterocycles. The van der Waals surface area contributed by atoms with Crippen molar-refractivity contribution in [2.45, 2.75) is 45.2 Å². The summed E-state index contributed by atoms with van der Waals surface area (Å²) in [7, 11) is 1.38. The van der Waals surface area contributed by atoms with Crippen molar-refractivity contribution in [2.75, 3.05) is 7.11 Å². The molecular formula is C48H43N7O2. The van der Waals surface area contributed by atoms with Crippen LogP contribution in [0.25, 0.3) is 33.9 Å². The molecule has 9 heteroatoms. The van der Waals surface area contributed by atoms with Gasteiger partial charge in [0.2, 0.25) is 0 Å². The number of carbonyl (C=O) groups excluding carboxylic acids is 1. The second kappa shape index (κ2) is 16.4. The zero-order chi connectivity index (χ0) is 39.2. The molecule has 0 aliphatic carbocycles. The number of aryl methyl sites for hydroxylation is 2. The number of hydrogen-bond donors (Lipinski definition) is 0. The Hall–Kier alpha value is -7.00. The molecule has 9 nitrogen and oxygen atoms in total. The van der Waals surface area contributed by atoms with Crippen LogP contribution in [0.1, 0.15) is 63.9 Å². The smallest absolute Gasteiger partial charge is 0.340 e. The number of benzene rings is 5. The summed E-state index contributed by atoms with van der Waals surface area (Å²) in [4.78, 5) is 22.3. The highest BCUT2D eigenvalue weighted by molar-refractivity contribution is 5.95. The Balaban J connectivity index is 1.10. The third kappa shape index (κ3) is 7.27. The number of ether oxygens (including phenoxy) is 1. The molecule has 0 saturated carbocycles. The van der Waals surface area contributed by atoms with Crippen molar-refractivity contribution in [1.82, 2.24) is 34.7 Å². The van der Waals surface area contributed by atoms with Gasteiger partial charge in [0, 0.05) is 30.4 Å². The third-order valence-corrected chi connectivity index (χ3v) is 10.4. The summed E-state index contributed by atoms with van der Waals surface area (Å²) in [6.45, 7) is 4.72. The molecule has 8 rings (SSSR count). The molecule has 0 aliphatic heterocycles. The van der Waals surface area contributed by atoms with Crippen molar-refractivity contribution < 1.29 is 9.53 Å². The molecule has 8 aromatic rings. The highest BCUT2D eigenvalue weighted by Gasteiger charge is 2.41. The average molecular weight is 750 g/mol. The number of tetrazole rings is 1. The molecule has 57 heavy (non-hydrogen) atoms. The van der Waals surface area contributed by atoms with Gasteiger partial charge in [0.1, 0.15) is 22.8 Å². The Kier molecular flexibility index (Phi) is 10.6. The van der Waals surface area contributed by atoms with Gasteiger partial charge in [0.25, 0.3) is 0 Å². The molecular weight excluding hydrogens is 707 g/mol. The first-order valence-electron chi connectivity index (χ1n) is 19.3. The van der Waals surface area contributed by atoms with E-state index in [2.05, 4.69) is 143 Å². The van der Waals surface area contributed by atoms with E-state index in [1.165, 1.54) is 7.11 Å². The molecule has 0 saturated heterocycles. The summed E-state index contributed by atoms with van der Waals surface area (Å²) >= 11 is 0. The molecule has 0 radical (unpaired) electrons. The first-order chi connectivity index (χ1) is 28.0. The first kappa shape index (κ1) is 36.9. The Labute approximate surface area is 332 Å². The van der Waals surface area contributed by atoms with Crippen LogP contribution in [0.15, 0.2) is 158 Å². The van der Waals surface area contributed by atoms with Crippen LogP contribution in [0.4, 0.5) is 0 Å². The van der Waals surface area contributed by atoms with Crippen LogP contribution in [0.2, 0.25) is 0 Å². The van der Waals surface area contributed by atoms with Crippen LogP contribution in [-0.2, 0) is 23.2 Å². The summed E-state index contributed by atoms with van der Waals surface area (Å²) < 4.78 is 9.18. The van der Waals surface area contributed by atoms with Crippen molar-refractivity contribution >= 4 is 5.97 Å². The largest absolute Gasteiger partial charge is 0.465 e. The lowest BCUT2D eigenvalue weighted by molar-refractivity contribution is 0.0601. The van der Waals surface area contributed by atoms with Crippen LogP contribution in [-0.4, -0.2) is 47.8 Å². The van der Waals surface area contributed by atoms with E-state index in [4.69, 9.17) is 19.9 Å². The summed E-state index contributed by atoms with van der Waals surface area (Å²) in [5.41, 5.74) is 8.97. The van der Waals surface area contributed by atoms with Crippen LogP contribution >= 0.6 is 0 Å². The predicted molar refractivity (Wildman–Crippen MR) is 223 cm³/mol. The zero-order valence-corrected chi connectivity index (χ0v) is 32.3. The molecule has 5 aromatic carbocycles. The maximum atomic E-state index is 12.6. The van der Waals surface area contributed by atoms with Gasteiger partial charge < -0.3 is 9.30 Å². The third-order valence-electron chi connectivity index (χ3n) is 10.4. The average Bonchev–Trinajstić information content (AvgIpc) is 3.92. The number of esters is 1. The fraction of sp³-hybridized carbons (Fsp3) is 0.167. The molecule has 0 aliphatic rings. The summed E-state index contributed by atoms with van der Waals surface area (Å²) in [6.07, 6.45) is 4.89. The van der Waals surface area contributed by atoms with Gasteiger partial charge in [-0.1, -0.05) is 153 Å². The fourth-order valence-corrected chi connectivity index (χ4v) is 7.58. The molecule has 0 fully saturated rings. The fourth-order valence-electron chi connectivity index (χ4n) is 7.58. The minimum Gasteiger partial charge on any atom is -0.465 e. The van der Waals surface area contributed by atoms with Crippen LogP contribution < -0.4 is 0 Å². The van der Waals surface area contributed by atoms with Crippen molar-refractivity contribution in [3.05, 3.63) is 197 Å². The number of hydrogen-bond acceptors (Lipinski definition) is 7. The molecule has 0 amide bonds. The normalized spacial score (nSPS) is 11.4. The first-order valence-corrected chi connectivity index (χ1v) is 19.3. The predicted octanol–water partition coefficient (Wildman–Crippen LogP) is 9.59. The number of methoxy groups -OCH3 is 1. The van der Waals surface area contributed by atoms with Gasteiger partial charge in [-0.05, 0) is 69.3 Å². The molecule has 0 atom stereocenters. The number of nitrogens with zero attached hydrogens (tertiary/aromatic N) is 7. The Morgan fingerprint density at radius 2 is 1.25 bits per heavy atom. The SMILES string of the molecule is CCCCc1nc(-c2nc(C)ccc2C(=O)OC)cn1Cc1ccc(-c2ccc(-c3nnnn3C(c3ccccc3)(c3ccccc3)c3ccccc3)cc2)cc1. The lowest BCUT2D eigenvalue weighted by atomic mass is 9.77. The number of rotatable bonds is 13. The van der Waals surface area contributed by atoms with E-state index < -0.39 is 11.5 Å². The highest BCUT2D eigenvalue weighted by Crippen LogP contribution is 2.42. The van der Waals surface area contributed by atoms with E-state index in [0.29, 0.717) is 29.3 Å². The second-order valence-electron chi connectivity index (χ2n) is 14.1. The lowest BCUT2D eigenvalue weighted by Gasteiger charge is -2.36. The van der Waals surface area contributed by atoms with Crippen molar-refractivity contribution in [3.63, 3.8) is 0 Å². The number of carbonyl (C=O) groups is 1. The molecule has 3 heterocycles. The van der Waals surface area contributed by atoms with E-state index in [-0.39, 0.29) is 0 Å². The lowest BCUT2D eigenvalue weighted by Crippen LogP contribution is -2.39. The van der Waals surface area contributed by atoms with Crippen LogP contribution in [0, 0.1) is 6.92 Å². The van der Waals surface area contributed by atoms with Gasteiger partial charge in [-0.25, -0.2) is 14.5 Å². The van der Waals surface area contributed by atoms with Crippen molar-refractivity contribution in [2.24, 2.45) is 0 Å². The summed E-state index contributed by atoms with van der Waals surface area (Å²) in [5, 5.41) is 13.6. The van der Waals surface area contributed by atoms with Gasteiger partial charge in [-0.2, -0.15) is 0 Å². The standard InChI is InChI=1S/C48H43N7O2/c1-4-5-21-44-50-43(45-42(47(56)57-3)31-22-34(2)49-45)33-54(44)32-35-23-25-36(26-24-35)37-27-29-38(30-28-37)46-51-52-53-55(46)48(39-15-9-6-10-16-39,40-17-11-7-12-18-40)41-19-13-8-14-20-41/h6-20,22-31,33H,4-5,21,32H2,1-3H3. The molecule has 0 N–H and O–H groups in total. The second-order valence-corrected chi connectivity index (χ2v) is 14.1. The number of aromatic nitrogens is 7. The van der Waals surface area contributed by atoms with Crippen molar-refractivity contribution in [3.8, 4) is 33.9 Å². The molecule has 0 spiro atoms. The molecule has 0 bridgehead atoms. The summed E-state index contributed by atoms with van der Waals surface area (Å²) in [6, 6.07) is 51.9. The topological polar surface area (TPSA) is 101 Å². The maximum Gasteiger partial charge on any atom is 0.340 e. The van der Waals surface area contributed by atoms with Crippen LogP contribution in [0.3, 0.4) is 0 Å². The minimum absolute atomic E-state index is 0.407. The van der Waals surface area contributed by atoms with E-state index in [9.17, 15) is 4.79 Å². The highest BCUT2D eigenvalue weighted by atomic mass is 16.5. The number of imidazole rings is 1. The Morgan fingerprint density at radius 3 is 1.81 bits per heavy atom. The zero-order valence-electron chi connectivity index (χ0n) is 32.3. The number of unbranched alkanes of at least 4 members (excludes halogenated alkanes) is 1. The van der Waals surface area contributed by atoms with Crippen molar-refractivity contribution in [1.29, 1.82) is 0 Å². The quantitative estimate of drug-likeness (QED) is 0.0855. The van der Waals surface area contributed by atoms with E-state index in [1.807, 2.05) is 42.1 Å². The van der Waals surface area contributed by atoms with Gasteiger partial charge in [-0.15, -0.1) is 5.10 Å². The molecule has 0 unspecified atom stereocenters. The van der Waals surface area contributed by atoms with Gasteiger partial charge in [0.05, 0.1) is 12.7 Å². The van der Waals surface area contributed by atoms with Gasteiger partial charge >= 0.3 is 5.97 Å². The van der Waals surface area contributed by atoms with E-state index in [0.717, 1.165) is 69.7 Å².